The number of nitrogens with one attached hydrogen (secondary N) is 1. The van der Waals surface area contributed by atoms with Gasteiger partial charge in [-0.15, -0.1) is 0 Å². The number of hydrogen-bond acceptors (Lipinski definition) is 6. The number of hydrogen-bond donors (Lipinski definition) is 1. The maximum absolute atomic E-state index is 13.9. The Balaban J connectivity index is 2.59. The zero-order valence-electron chi connectivity index (χ0n) is 22.7. The second kappa shape index (κ2) is 12.9. The van der Waals surface area contributed by atoms with Crippen molar-refractivity contribution in [2.75, 3.05) is 31.3 Å². The Morgan fingerprint density at radius 2 is 1.66 bits per heavy atom. The van der Waals surface area contributed by atoms with E-state index in [1.165, 1.54) is 31.3 Å². The van der Waals surface area contributed by atoms with Crippen LogP contribution in [0.2, 0.25) is 10.0 Å². The first-order valence-electron chi connectivity index (χ1n) is 11.9. The van der Waals surface area contributed by atoms with E-state index in [9.17, 15) is 18.0 Å². The van der Waals surface area contributed by atoms with Crippen molar-refractivity contribution in [3.05, 3.63) is 52.0 Å². The summed E-state index contributed by atoms with van der Waals surface area (Å²) in [7, 11) is -1.10. The van der Waals surface area contributed by atoms with Crippen molar-refractivity contribution in [2.24, 2.45) is 0 Å². The highest BCUT2D eigenvalue weighted by Crippen LogP contribution is 2.34. The van der Waals surface area contributed by atoms with E-state index in [2.05, 4.69) is 5.32 Å². The molecule has 2 rings (SSSR count). The summed E-state index contributed by atoms with van der Waals surface area (Å²) in [4.78, 5) is 28.5. The number of benzene rings is 2. The first-order valence-corrected chi connectivity index (χ1v) is 14.5. The SMILES string of the molecule is CCC(C(=O)NC(C)(C)C)N(Cc1c(Cl)cccc1Cl)C(=O)CN(c1ccc(OC)cc1OC)S(C)(=O)=O. The fourth-order valence-electron chi connectivity index (χ4n) is 3.81. The lowest BCUT2D eigenvalue weighted by Crippen LogP contribution is -2.55. The number of anilines is 1. The van der Waals surface area contributed by atoms with E-state index in [1.807, 2.05) is 20.8 Å². The fourth-order valence-corrected chi connectivity index (χ4v) is 5.18. The van der Waals surface area contributed by atoms with Crippen LogP contribution in [0.25, 0.3) is 0 Å². The van der Waals surface area contributed by atoms with Crippen LogP contribution < -0.4 is 19.1 Å². The number of methoxy groups -OCH3 is 2. The van der Waals surface area contributed by atoms with Crippen molar-refractivity contribution >= 4 is 50.7 Å². The number of amides is 2. The van der Waals surface area contributed by atoms with Gasteiger partial charge in [-0.3, -0.25) is 13.9 Å². The minimum absolute atomic E-state index is 0.106. The number of sulfonamides is 1. The molecule has 210 valence electrons. The fraction of sp³-hybridized carbons (Fsp3) is 0.462. The van der Waals surface area contributed by atoms with Gasteiger partial charge in [0.15, 0.2) is 0 Å². The van der Waals surface area contributed by atoms with Crippen molar-refractivity contribution in [3.63, 3.8) is 0 Å². The van der Waals surface area contributed by atoms with E-state index in [4.69, 9.17) is 32.7 Å². The van der Waals surface area contributed by atoms with Gasteiger partial charge in [-0.25, -0.2) is 8.42 Å². The van der Waals surface area contributed by atoms with Crippen molar-refractivity contribution in [3.8, 4) is 11.5 Å². The molecule has 38 heavy (non-hydrogen) atoms. The van der Waals surface area contributed by atoms with Gasteiger partial charge >= 0.3 is 0 Å². The number of carbonyl (C=O) groups is 2. The van der Waals surface area contributed by atoms with Crippen LogP contribution in [0.5, 0.6) is 11.5 Å². The standard InChI is InChI=1S/C26H35Cl2N3O6S/c1-8-21(25(33)29-26(2,3)4)30(15-18-19(27)10-9-11-20(18)28)24(32)16-31(38(7,34)35)22-13-12-17(36-5)14-23(22)37-6/h9-14,21H,8,15-16H2,1-7H3,(H,29,33). The number of carbonyl (C=O) groups excluding carboxylic acids is 2. The summed E-state index contributed by atoms with van der Waals surface area (Å²) in [6.45, 7) is 6.55. The highest BCUT2D eigenvalue weighted by atomic mass is 35.5. The predicted octanol–water partition coefficient (Wildman–Crippen LogP) is 4.50. The van der Waals surface area contributed by atoms with Crippen LogP contribution >= 0.6 is 23.2 Å². The molecule has 0 heterocycles. The average Bonchev–Trinajstić information content (AvgIpc) is 2.81. The first kappa shape index (κ1) is 31.5. The van der Waals surface area contributed by atoms with Gasteiger partial charge in [0.25, 0.3) is 0 Å². The molecule has 9 nitrogen and oxygen atoms in total. The van der Waals surface area contributed by atoms with E-state index in [0.29, 0.717) is 21.4 Å². The molecule has 0 radical (unpaired) electrons. The summed E-state index contributed by atoms with van der Waals surface area (Å²) < 4.78 is 37.3. The third-order valence-corrected chi connectivity index (χ3v) is 7.44. The molecule has 1 atom stereocenters. The summed E-state index contributed by atoms with van der Waals surface area (Å²) >= 11 is 12.8. The van der Waals surface area contributed by atoms with Crippen LogP contribution in [0.3, 0.4) is 0 Å². The highest BCUT2D eigenvalue weighted by molar-refractivity contribution is 7.92. The predicted molar refractivity (Wildman–Crippen MR) is 151 cm³/mol. The van der Waals surface area contributed by atoms with E-state index in [-0.39, 0.29) is 30.3 Å². The molecule has 0 saturated heterocycles. The Hall–Kier alpha value is -2.69. The topological polar surface area (TPSA) is 105 Å². The van der Waals surface area contributed by atoms with Crippen LogP contribution in [-0.4, -0.2) is 63.7 Å². The highest BCUT2D eigenvalue weighted by Gasteiger charge is 2.34. The molecule has 2 amide bonds. The molecule has 2 aromatic carbocycles. The average molecular weight is 589 g/mol. The summed E-state index contributed by atoms with van der Waals surface area (Å²) in [5.74, 6) is -0.365. The summed E-state index contributed by atoms with van der Waals surface area (Å²) in [6, 6.07) is 8.58. The van der Waals surface area contributed by atoms with Gasteiger partial charge in [0.05, 0.1) is 26.2 Å². The molecule has 0 saturated carbocycles. The van der Waals surface area contributed by atoms with Crippen LogP contribution in [0.15, 0.2) is 36.4 Å². The smallest absolute Gasteiger partial charge is 0.244 e. The molecule has 0 aliphatic carbocycles. The Labute approximate surface area is 235 Å². The molecule has 1 N–H and O–H groups in total. The minimum Gasteiger partial charge on any atom is -0.497 e. The molecule has 0 aromatic heterocycles. The zero-order chi connectivity index (χ0) is 28.8. The molecule has 2 aromatic rings. The number of nitrogens with zero attached hydrogens (tertiary/aromatic N) is 2. The van der Waals surface area contributed by atoms with Gasteiger partial charge in [0.1, 0.15) is 24.1 Å². The normalized spacial score (nSPS) is 12.4. The van der Waals surface area contributed by atoms with Crippen molar-refractivity contribution in [1.82, 2.24) is 10.2 Å². The molecule has 0 aliphatic heterocycles. The molecule has 0 spiro atoms. The number of ether oxygens (including phenoxy) is 2. The van der Waals surface area contributed by atoms with Crippen LogP contribution in [-0.2, 0) is 26.2 Å². The van der Waals surface area contributed by atoms with Gasteiger partial charge < -0.3 is 19.7 Å². The second-order valence-electron chi connectivity index (χ2n) is 9.69. The maximum atomic E-state index is 13.9. The molecule has 0 aliphatic rings. The monoisotopic (exact) mass is 587 g/mol. The van der Waals surface area contributed by atoms with Gasteiger partial charge in [-0.1, -0.05) is 36.2 Å². The third-order valence-electron chi connectivity index (χ3n) is 5.61. The Morgan fingerprint density at radius 3 is 2.13 bits per heavy atom. The second-order valence-corrected chi connectivity index (χ2v) is 12.4. The maximum Gasteiger partial charge on any atom is 0.244 e. The number of halogens is 2. The van der Waals surface area contributed by atoms with Crippen molar-refractivity contribution < 1.29 is 27.5 Å². The molecule has 1 unspecified atom stereocenters. The van der Waals surface area contributed by atoms with E-state index < -0.39 is 34.1 Å². The van der Waals surface area contributed by atoms with Gasteiger partial charge in [0.2, 0.25) is 21.8 Å². The van der Waals surface area contributed by atoms with Crippen molar-refractivity contribution in [2.45, 2.75) is 52.2 Å². The lowest BCUT2D eigenvalue weighted by molar-refractivity contribution is -0.141. The quantitative estimate of drug-likeness (QED) is 0.415. The van der Waals surface area contributed by atoms with Gasteiger partial charge in [0, 0.05) is 33.8 Å². The van der Waals surface area contributed by atoms with E-state index >= 15 is 0 Å². The van der Waals surface area contributed by atoms with E-state index in [1.54, 1.807) is 31.2 Å². The van der Waals surface area contributed by atoms with Crippen molar-refractivity contribution in [1.29, 1.82) is 0 Å². The van der Waals surface area contributed by atoms with Crippen LogP contribution in [0.1, 0.15) is 39.7 Å². The third kappa shape index (κ3) is 8.15. The van der Waals surface area contributed by atoms with Gasteiger partial charge in [-0.05, 0) is 51.5 Å². The van der Waals surface area contributed by atoms with E-state index in [0.717, 1.165) is 10.6 Å². The Morgan fingerprint density at radius 1 is 1.05 bits per heavy atom. The van der Waals surface area contributed by atoms with Crippen LogP contribution in [0.4, 0.5) is 5.69 Å². The minimum atomic E-state index is -3.96. The summed E-state index contributed by atoms with van der Waals surface area (Å²) in [6.07, 6.45) is 1.25. The Bertz CT molecular complexity index is 1240. The zero-order valence-corrected chi connectivity index (χ0v) is 25.0. The largest absolute Gasteiger partial charge is 0.497 e. The molecule has 0 bridgehead atoms. The molecule has 0 fully saturated rings. The lowest BCUT2D eigenvalue weighted by atomic mass is 10.1. The van der Waals surface area contributed by atoms with Crippen LogP contribution in [0, 0.1) is 0 Å². The number of rotatable bonds is 11. The molecular formula is C26H35Cl2N3O6S. The summed E-state index contributed by atoms with van der Waals surface area (Å²) in [5, 5.41) is 3.54. The molecular weight excluding hydrogens is 553 g/mol. The van der Waals surface area contributed by atoms with Gasteiger partial charge in [-0.2, -0.15) is 0 Å². The Kier molecular flexibility index (Phi) is 10.7. The summed E-state index contributed by atoms with van der Waals surface area (Å²) in [5.41, 5.74) is 0.0301. The first-order chi connectivity index (χ1) is 17.6. The molecule has 12 heteroatoms. The lowest BCUT2D eigenvalue weighted by Gasteiger charge is -2.35.